The average molecular weight is 357 g/mol. The van der Waals surface area contributed by atoms with Crippen LogP contribution in [0.2, 0.25) is 0 Å². The predicted molar refractivity (Wildman–Crippen MR) is 92.6 cm³/mol. The summed E-state index contributed by atoms with van der Waals surface area (Å²) in [5, 5.41) is 13.6. The van der Waals surface area contributed by atoms with Gasteiger partial charge in [-0.05, 0) is 30.4 Å². The molecule has 1 unspecified atom stereocenters. The highest BCUT2D eigenvalue weighted by atomic mass is 16.6. The minimum absolute atomic E-state index is 0.0208. The molecule has 136 valence electrons. The van der Waals surface area contributed by atoms with E-state index < -0.39 is 23.4 Å². The number of amides is 1. The summed E-state index contributed by atoms with van der Waals surface area (Å²) in [4.78, 5) is 34.4. The van der Waals surface area contributed by atoms with E-state index in [4.69, 9.17) is 4.74 Å². The lowest BCUT2D eigenvalue weighted by Crippen LogP contribution is -2.34. The van der Waals surface area contributed by atoms with Gasteiger partial charge in [-0.1, -0.05) is 24.3 Å². The molecular weight excluding hydrogens is 338 g/mol. The monoisotopic (exact) mass is 357 g/mol. The third-order valence-electron chi connectivity index (χ3n) is 4.45. The number of nitro groups is 1. The van der Waals surface area contributed by atoms with E-state index in [0.29, 0.717) is 0 Å². The van der Waals surface area contributed by atoms with Gasteiger partial charge in [-0.25, -0.2) is 4.79 Å². The van der Waals surface area contributed by atoms with Crippen LogP contribution in [0.3, 0.4) is 0 Å². The molecule has 0 aliphatic heterocycles. The van der Waals surface area contributed by atoms with Crippen LogP contribution in [0.4, 0.5) is 5.69 Å². The molecule has 0 bridgehead atoms. The number of nitrogens with zero attached hydrogens (tertiary/aromatic N) is 2. The van der Waals surface area contributed by atoms with Crippen molar-refractivity contribution in [3.63, 3.8) is 0 Å². The first-order valence-corrected chi connectivity index (χ1v) is 8.30. The predicted octanol–water partition coefficient (Wildman–Crippen LogP) is 2.28. The number of esters is 1. The lowest BCUT2D eigenvalue weighted by atomic mass is 9.88. The average Bonchev–Trinajstić information content (AvgIpc) is 3.02. The molecule has 0 saturated carbocycles. The van der Waals surface area contributed by atoms with Crippen molar-refractivity contribution in [2.75, 3.05) is 6.61 Å². The van der Waals surface area contributed by atoms with Gasteiger partial charge in [0, 0.05) is 13.1 Å². The summed E-state index contributed by atoms with van der Waals surface area (Å²) in [7, 11) is 1.50. The fourth-order valence-electron chi connectivity index (χ4n) is 3.19. The van der Waals surface area contributed by atoms with Gasteiger partial charge in [0.1, 0.15) is 5.69 Å². The summed E-state index contributed by atoms with van der Waals surface area (Å²) >= 11 is 0. The molecule has 1 atom stereocenters. The molecule has 1 aliphatic rings. The van der Waals surface area contributed by atoms with Crippen LogP contribution in [0, 0.1) is 10.1 Å². The van der Waals surface area contributed by atoms with Crippen LogP contribution in [-0.4, -0.2) is 28.0 Å². The molecule has 3 rings (SSSR count). The Morgan fingerprint density at radius 1 is 1.38 bits per heavy atom. The fourth-order valence-corrected chi connectivity index (χ4v) is 3.19. The van der Waals surface area contributed by atoms with Gasteiger partial charge in [0.05, 0.1) is 17.2 Å². The maximum Gasteiger partial charge on any atom is 0.355 e. The Kier molecular flexibility index (Phi) is 5.01. The van der Waals surface area contributed by atoms with Crippen LogP contribution in [-0.2, 0) is 23.0 Å². The number of carbonyl (C=O) groups excluding carboxylic acids is 2. The highest BCUT2D eigenvalue weighted by molar-refractivity contribution is 5.90. The topological polar surface area (TPSA) is 103 Å². The largest absolute Gasteiger partial charge is 0.451 e. The molecule has 8 nitrogen and oxygen atoms in total. The smallest absolute Gasteiger partial charge is 0.355 e. The molecule has 1 heterocycles. The molecule has 1 aromatic heterocycles. The van der Waals surface area contributed by atoms with E-state index in [1.165, 1.54) is 23.4 Å². The molecule has 1 amide bonds. The molecule has 0 saturated heterocycles. The van der Waals surface area contributed by atoms with Crippen molar-refractivity contribution >= 4 is 17.6 Å². The summed E-state index contributed by atoms with van der Waals surface area (Å²) in [6.07, 6.45) is 4.02. The number of aryl methyl sites for hydroxylation is 2. The van der Waals surface area contributed by atoms with Crippen LogP contribution in [0.5, 0.6) is 0 Å². The van der Waals surface area contributed by atoms with Gasteiger partial charge in [0.25, 0.3) is 11.6 Å². The number of carbonyl (C=O) groups is 2. The minimum Gasteiger partial charge on any atom is -0.451 e. The standard InChI is InChI=1S/C18H19N3O5/c1-20-10-13(21(24)25)9-16(20)18(23)26-11-17(22)19-15-8-4-6-12-5-2-3-7-14(12)15/h2-3,5,7,9-10,15H,4,6,8,11H2,1H3,(H,19,22). The van der Waals surface area contributed by atoms with Crippen molar-refractivity contribution in [3.05, 3.63) is 63.5 Å². The van der Waals surface area contributed by atoms with Gasteiger partial charge in [0.2, 0.25) is 0 Å². The van der Waals surface area contributed by atoms with E-state index in [2.05, 4.69) is 11.4 Å². The van der Waals surface area contributed by atoms with E-state index in [1.807, 2.05) is 18.2 Å². The zero-order valence-corrected chi connectivity index (χ0v) is 14.3. The Morgan fingerprint density at radius 2 is 2.15 bits per heavy atom. The third kappa shape index (κ3) is 3.74. The summed E-state index contributed by atoms with van der Waals surface area (Å²) in [5.74, 6) is -1.18. The second-order valence-electron chi connectivity index (χ2n) is 6.24. The van der Waals surface area contributed by atoms with Gasteiger partial charge in [-0.3, -0.25) is 14.9 Å². The maximum absolute atomic E-state index is 12.2. The third-order valence-corrected chi connectivity index (χ3v) is 4.45. The van der Waals surface area contributed by atoms with Crippen molar-refractivity contribution in [3.8, 4) is 0 Å². The SMILES string of the molecule is Cn1cc([N+](=O)[O-])cc1C(=O)OCC(=O)NC1CCCc2ccccc21. The van der Waals surface area contributed by atoms with Crippen molar-refractivity contribution in [2.45, 2.75) is 25.3 Å². The number of fused-ring (bicyclic) bond motifs is 1. The summed E-state index contributed by atoms with van der Waals surface area (Å²) < 4.78 is 6.30. The van der Waals surface area contributed by atoms with Crippen molar-refractivity contribution in [1.29, 1.82) is 0 Å². The van der Waals surface area contributed by atoms with Gasteiger partial charge in [-0.2, -0.15) is 0 Å². The van der Waals surface area contributed by atoms with Gasteiger partial charge < -0.3 is 14.6 Å². The van der Waals surface area contributed by atoms with Crippen molar-refractivity contribution in [2.24, 2.45) is 7.05 Å². The summed E-state index contributed by atoms with van der Waals surface area (Å²) in [6, 6.07) is 8.99. The number of nitrogens with one attached hydrogen (secondary N) is 1. The quantitative estimate of drug-likeness (QED) is 0.502. The van der Waals surface area contributed by atoms with Crippen LogP contribution >= 0.6 is 0 Å². The summed E-state index contributed by atoms with van der Waals surface area (Å²) in [6.45, 7) is -0.434. The number of aromatic nitrogens is 1. The van der Waals surface area contributed by atoms with Gasteiger partial charge in [-0.15, -0.1) is 0 Å². The van der Waals surface area contributed by atoms with Crippen LogP contribution in [0.25, 0.3) is 0 Å². The highest BCUT2D eigenvalue weighted by Gasteiger charge is 2.23. The molecule has 26 heavy (non-hydrogen) atoms. The van der Waals surface area contributed by atoms with Crippen LogP contribution < -0.4 is 5.32 Å². The molecular formula is C18H19N3O5. The first kappa shape index (κ1) is 17.7. The van der Waals surface area contributed by atoms with Gasteiger partial charge >= 0.3 is 5.97 Å². The lowest BCUT2D eigenvalue weighted by molar-refractivity contribution is -0.384. The van der Waals surface area contributed by atoms with E-state index >= 15 is 0 Å². The van der Waals surface area contributed by atoms with E-state index in [0.717, 1.165) is 30.9 Å². The maximum atomic E-state index is 12.2. The van der Waals surface area contributed by atoms with Crippen molar-refractivity contribution in [1.82, 2.24) is 9.88 Å². The first-order chi connectivity index (χ1) is 12.5. The van der Waals surface area contributed by atoms with Crippen LogP contribution in [0.1, 0.15) is 40.5 Å². The van der Waals surface area contributed by atoms with Gasteiger partial charge in [0.15, 0.2) is 6.61 Å². The minimum atomic E-state index is -0.778. The fraction of sp³-hybridized carbons (Fsp3) is 0.333. The molecule has 1 aromatic carbocycles. The van der Waals surface area contributed by atoms with Crippen molar-refractivity contribution < 1.29 is 19.2 Å². The molecule has 0 radical (unpaired) electrons. The number of benzene rings is 1. The van der Waals surface area contributed by atoms with E-state index in [1.54, 1.807) is 0 Å². The second-order valence-corrected chi connectivity index (χ2v) is 6.24. The molecule has 1 N–H and O–H groups in total. The second kappa shape index (κ2) is 7.38. The molecule has 0 fully saturated rings. The Morgan fingerprint density at radius 3 is 2.88 bits per heavy atom. The Labute approximate surface area is 149 Å². The van der Waals surface area contributed by atoms with E-state index in [9.17, 15) is 19.7 Å². The number of ether oxygens (including phenoxy) is 1. The highest BCUT2D eigenvalue weighted by Crippen LogP contribution is 2.29. The molecule has 0 spiro atoms. The number of hydrogen-bond acceptors (Lipinski definition) is 5. The zero-order valence-electron chi connectivity index (χ0n) is 14.3. The van der Waals surface area contributed by atoms with Crippen LogP contribution in [0.15, 0.2) is 36.5 Å². The Bertz CT molecular complexity index is 858. The molecule has 8 heteroatoms. The summed E-state index contributed by atoms with van der Waals surface area (Å²) in [5.41, 5.74) is 2.13. The zero-order chi connectivity index (χ0) is 18.7. The van der Waals surface area contributed by atoms with E-state index in [-0.39, 0.29) is 17.4 Å². The lowest BCUT2D eigenvalue weighted by Gasteiger charge is -2.26. The first-order valence-electron chi connectivity index (χ1n) is 8.30. The number of hydrogen-bond donors (Lipinski definition) is 1. The Balaban J connectivity index is 1.58. The Hall–Kier alpha value is -3.16. The normalized spacial score (nSPS) is 15.8. The molecule has 2 aromatic rings. The molecule has 1 aliphatic carbocycles. The number of rotatable bonds is 5.